The Labute approximate surface area is 212 Å². The molecule has 0 aliphatic rings. The highest BCUT2D eigenvalue weighted by Gasteiger charge is 2.22. The van der Waals surface area contributed by atoms with Crippen LogP contribution in [0.5, 0.6) is 5.75 Å². The van der Waals surface area contributed by atoms with Crippen LogP contribution < -0.4 is 10.9 Å². The number of nitrogens with one attached hydrogen (secondary N) is 1. The van der Waals surface area contributed by atoms with Crippen LogP contribution in [0.2, 0.25) is 10.0 Å². The molecule has 0 saturated carbocycles. The van der Waals surface area contributed by atoms with E-state index >= 15 is 0 Å². The van der Waals surface area contributed by atoms with E-state index in [1.54, 1.807) is 54.6 Å². The molecule has 2 N–H and O–H groups in total. The largest absolute Gasteiger partial charge is 0.507 e. The van der Waals surface area contributed by atoms with Crippen molar-refractivity contribution in [3.63, 3.8) is 0 Å². The number of rotatable bonds is 5. The first-order chi connectivity index (χ1) is 16.3. The molecule has 0 bridgehead atoms. The van der Waals surface area contributed by atoms with Crippen molar-refractivity contribution >= 4 is 56.5 Å². The van der Waals surface area contributed by atoms with Crippen LogP contribution in [0.4, 0.5) is 5.69 Å². The van der Waals surface area contributed by atoms with Gasteiger partial charge >= 0.3 is 0 Å². The molecule has 34 heavy (non-hydrogen) atoms. The number of anilines is 1. The number of aromatic hydroxyl groups is 1. The third kappa shape index (κ3) is 4.77. The molecule has 0 spiro atoms. The summed E-state index contributed by atoms with van der Waals surface area (Å²) in [6.45, 7) is 0. The van der Waals surface area contributed by atoms with Gasteiger partial charge in [0.1, 0.15) is 11.3 Å². The lowest BCUT2D eigenvalue weighted by molar-refractivity contribution is 0.102. The van der Waals surface area contributed by atoms with Gasteiger partial charge in [-0.25, -0.2) is 0 Å². The molecule has 1 aromatic heterocycles. The normalized spacial score (nSPS) is 10.7. The lowest BCUT2D eigenvalue weighted by Gasteiger charge is -2.14. The molecular weight excluding hydrogens is 543 g/mol. The topological polar surface area (TPSA) is 88.4 Å². The summed E-state index contributed by atoms with van der Waals surface area (Å²) in [5.74, 6) is -1.59. The zero-order valence-corrected chi connectivity index (χ0v) is 20.4. The van der Waals surface area contributed by atoms with Crippen LogP contribution in [-0.4, -0.2) is 21.4 Å². The van der Waals surface area contributed by atoms with Crippen LogP contribution in [-0.2, 0) is 0 Å². The summed E-state index contributed by atoms with van der Waals surface area (Å²) in [6, 6.07) is 18.7. The molecule has 170 valence electrons. The van der Waals surface area contributed by atoms with Gasteiger partial charge in [0.15, 0.2) is 5.78 Å². The molecule has 4 rings (SSSR count). The molecule has 0 unspecified atom stereocenters. The average molecular weight is 558 g/mol. The minimum atomic E-state index is -0.757. The molecule has 0 radical (unpaired) electrons. The van der Waals surface area contributed by atoms with Crippen molar-refractivity contribution in [2.75, 3.05) is 5.32 Å². The third-order valence-corrected chi connectivity index (χ3v) is 6.10. The molecule has 4 aromatic rings. The zero-order chi connectivity index (χ0) is 24.4. The van der Waals surface area contributed by atoms with Crippen LogP contribution in [0, 0.1) is 0 Å². The molecule has 3 aromatic carbocycles. The number of phenols is 1. The summed E-state index contributed by atoms with van der Waals surface area (Å²) in [5.41, 5.74) is -0.408. The quantitative estimate of drug-likeness (QED) is 0.290. The monoisotopic (exact) mass is 556 g/mol. The van der Waals surface area contributed by atoms with Gasteiger partial charge in [0, 0.05) is 16.2 Å². The first-order valence-corrected chi connectivity index (χ1v) is 11.4. The number of phenolic OH excluding ortho intramolecular Hbond substituents is 1. The van der Waals surface area contributed by atoms with Crippen molar-refractivity contribution in [2.24, 2.45) is 0 Å². The van der Waals surface area contributed by atoms with Crippen LogP contribution in [0.15, 0.2) is 88.3 Å². The summed E-state index contributed by atoms with van der Waals surface area (Å²) < 4.78 is 1.70. The van der Waals surface area contributed by atoms with Gasteiger partial charge in [-0.15, -0.1) is 0 Å². The fourth-order valence-corrected chi connectivity index (χ4v) is 4.06. The van der Waals surface area contributed by atoms with E-state index in [9.17, 15) is 19.5 Å². The van der Waals surface area contributed by atoms with Crippen molar-refractivity contribution in [3.8, 4) is 11.4 Å². The Morgan fingerprint density at radius 1 is 0.882 bits per heavy atom. The molecular formula is C25H15BrCl2N2O4. The SMILES string of the molecule is O=C(c1cc(C(=O)Nc2ccccc2Cl)c(=O)n(-c2ccccc2Cl)c1)c1cc(Br)ccc1O. The Balaban J connectivity index is 1.90. The van der Waals surface area contributed by atoms with Crippen molar-refractivity contribution in [2.45, 2.75) is 0 Å². The number of hydrogen-bond donors (Lipinski definition) is 2. The Bertz CT molecular complexity index is 1500. The molecule has 1 heterocycles. The highest BCUT2D eigenvalue weighted by molar-refractivity contribution is 9.10. The molecule has 6 nitrogen and oxygen atoms in total. The number of amides is 1. The molecule has 0 aliphatic carbocycles. The molecule has 0 saturated heterocycles. The number of hydrogen-bond acceptors (Lipinski definition) is 4. The predicted octanol–water partition coefficient (Wildman–Crippen LogP) is 6.10. The van der Waals surface area contributed by atoms with E-state index in [0.717, 1.165) is 4.57 Å². The second kappa shape index (κ2) is 9.85. The third-order valence-electron chi connectivity index (χ3n) is 4.96. The number of carbonyl (C=O) groups excluding carboxylic acids is 2. The minimum Gasteiger partial charge on any atom is -0.507 e. The van der Waals surface area contributed by atoms with Gasteiger partial charge in [0.2, 0.25) is 0 Å². The highest BCUT2D eigenvalue weighted by atomic mass is 79.9. The van der Waals surface area contributed by atoms with Crippen molar-refractivity contribution in [1.82, 2.24) is 4.57 Å². The van der Waals surface area contributed by atoms with Crippen molar-refractivity contribution in [1.29, 1.82) is 0 Å². The maximum atomic E-state index is 13.3. The van der Waals surface area contributed by atoms with E-state index in [-0.39, 0.29) is 38.2 Å². The lowest BCUT2D eigenvalue weighted by Crippen LogP contribution is -2.29. The summed E-state index contributed by atoms with van der Waals surface area (Å²) in [5, 5.41) is 13.4. The summed E-state index contributed by atoms with van der Waals surface area (Å²) >= 11 is 15.7. The number of aromatic nitrogens is 1. The second-order valence-corrected chi connectivity index (χ2v) is 8.92. The number of para-hydroxylation sites is 2. The standard InChI is InChI=1S/C25H15BrCl2N2O4/c26-15-9-10-22(31)16(12-15)23(32)14-11-17(24(33)29-20-7-3-1-5-18(20)27)25(34)30(13-14)21-8-4-2-6-19(21)28/h1-13,31H,(H,29,33). The minimum absolute atomic E-state index is 0.00257. The first-order valence-electron chi connectivity index (χ1n) is 9.87. The Hall–Kier alpha value is -3.39. The van der Waals surface area contributed by atoms with E-state index in [1.165, 1.54) is 24.4 Å². The molecule has 1 amide bonds. The number of benzene rings is 3. The van der Waals surface area contributed by atoms with Gasteiger partial charge in [0.05, 0.1) is 27.0 Å². The molecule has 9 heteroatoms. The van der Waals surface area contributed by atoms with Gasteiger partial charge in [-0.2, -0.15) is 0 Å². The number of carbonyl (C=O) groups is 2. The molecule has 0 atom stereocenters. The fraction of sp³-hybridized carbons (Fsp3) is 0. The number of pyridine rings is 1. The van der Waals surface area contributed by atoms with Crippen LogP contribution in [0.25, 0.3) is 5.69 Å². The smallest absolute Gasteiger partial charge is 0.268 e. The zero-order valence-electron chi connectivity index (χ0n) is 17.3. The molecule has 0 aliphatic heterocycles. The first kappa shape index (κ1) is 23.8. The van der Waals surface area contributed by atoms with Gasteiger partial charge in [-0.05, 0) is 48.5 Å². The van der Waals surface area contributed by atoms with Crippen LogP contribution in [0.3, 0.4) is 0 Å². The fourth-order valence-electron chi connectivity index (χ4n) is 3.29. The van der Waals surface area contributed by atoms with E-state index in [1.807, 2.05) is 0 Å². The second-order valence-electron chi connectivity index (χ2n) is 7.19. The lowest BCUT2D eigenvalue weighted by atomic mass is 10.0. The summed E-state index contributed by atoms with van der Waals surface area (Å²) in [4.78, 5) is 39.7. The van der Waals surface area contributed by atoms with E-state index in [0.29, 0.717) is 10.2 Å². The average Bonchev–Trinajstić information content (AvgIpc) is 2.82. The van der Waals surface area contributed by atoms with Gasteiger partial charge in [0.25, 0.3) is 11.5 Å². The van der Waals surface area contributed by atoms with E-state index in [4.69, 9.17) is 23.2 Å². The Morgan fingerprint density at radius 3 is 2.26 bits per heavy atom. The van der Waals surface area contributed by atoms with Crippen molar-refractivity contribution in [3.05, 3.63) is 121 Å². The predicted molar refractivity (Wildman–Crippen MR) is 136 cm³/mol. The van der Waals surface area contributed by atoms with Gasteiger partial charge < -0.3 is 10.4 Å². The number of halogens is 3. The Kier molecular flexibility index (Phi) is 6.88. The van der Waals surface area contributed by atoms with Crippen molar-refractivity contribution < 1.29 is 14.7 Å². The number of ketones is 1. The van der Waals surface area contributed by atoms with Gasteiger partial charge in [-0.3, -0.25) is 19.0 Å². The van der Waals surface area contributed by atoms with E-state index < -0.39 is 17.2 Å². The summed E-state index contributed by atoms with van der Waals surface area (Å²) in [7, 11) is 0. The maximum Gasteiger partial charge on any atom is 0.268 e. The number of nitrogens with zero attached hydrogens (tertiary/aromatic N) is 1. The Morgan fingerprint density at radius 2 is 1.56 bits per heavy atom. The van der Waals surface area contributed by atoms with E-state index in [2.05, 4.69) is 21.2 Å². The van der Waals surface area contributed by atoms with Crippen LogP contribution in [0.1, 0.15) is 26.3 Å². The molecule has 0 fully saturated rings. The summed E-state index contributed by atoms with van der Waals surface area (Å²) in [6.07, 6.45) is 1.29. The van der Waals surface area contributed by atoms with Crippen LogP contribution >= 0.6 is 39.1 Å². The maximum absolute atomic E-state index is 13.3. The highest BCUT2D eigenvalue weighted by Crippen LogP contribution is 2.26. The van der Waals surface area contributed by atoms with Gasteiger partial charge in [-0.1, -0.05) is 63.4 Å².